The van der Waals surface area contributed by atoms with Gasteiger partial charge >= 0.3 is 0 Å². The number of imidazole rings is 1. The number of carbonyl (C=O) groups excluding carboxylic acids is 1. The normalized spacial score (nSPS) is 10.6. The molecule has 3 rings (SSSR count). The van der Waals surface area contributed by atoms with Gasteiger partial charge in [0.2, 0.25) is 0 Å². The molecule has 0 saturated carbocycles. The third-order valence-corrected chi connectivity index (χ3v) is 3.68. The molecule has 0 bridgehead atoms. The maximum atomic E-state index is 11.9. The van der Waals surface area contributed by atoms with E-state index in [2.05, 4.69) is 10.3 Å². The molecule has 0 aliphatic heterocycles. The summed E-state index contributed by atoms with van der Waals surface area (Å²) in [7, 11) is 1.58. The highest BCUT2D eigenvalue weighted by Crippen LogP contribution is 2.18. The molecule has 0 fully saturated rings. The van der Waals surface area contributed by atoms with Gasteiger partial charge in [-0.15, -0.1) is 0 Å². The molecular weight excluding hydrogens is 330 g/mol. The minimum absolute atomic E-state index is 0.0820. The molecule has 1 aromatic carbocycles. The Labute approximate surface area is 144 Å². The van der Waals surface area contributed by atoms with E-state index in [9.17, 15) is 4.79 Å². The summed E-state index contributed by atoms with van der Waals surface area (Å²) in [6.45, 7) is 0.222. The van der Waals surface area contributed by atoms with E-state index in [-0.39, 0.29) is 12.5 Å². The lowest BCUT2D eigenvalue weighted by atomic mass is 10.3. The number of nitrogens with one attached hydrogen (secondary N) is 1. The highest BCUT2D eigenvalue weighted by Gasteiger charge is 2.07. The number of nitrogens with zero attached hydrogens (tertiary/aromatic N) is 2. The molecule has 0 atom stereocenters. The van der Waals surface area contributed by atoms with Crippen molar-refractivity contribution < 1.29 is 14.3 Å². The minimum atomic E-state index is -0.235. The van der Waals surface area contributed by atoms with Crippen LogP contribution >= 0.6 is 11.6 Å². The number of benzene rings is 1. The number of halogens is 1. The summed E-state index contributed by atoms with van der Waals surface area (Å²) in [5.41, 5.74) is 1.46. The molecule has 0 spiro atoms. The predicted molar refractivity (Wildman–Crippen MR) is 90.5 cm³/mol. The Kier molecular flexibility index (Phi) is 4.86. The molecular formula is C17H16ClN3O3. The third-order valence-electron chi connectivity index (χ3n) is 3.37. The Balaban J connectivity index is 1.54. The number of pyridine rings is 1. The van der Waals surface area contributed by atoms with Crippen LogP contribution in [0.5, 0.6) is 11.5 Å². The van der Waals surface area contributed by atoms with Crippen molar-refractivity contribution in [1.29, 1.82) is 0 Å². The summed E-state index contributed by atoms with van der Waals surface area (Å²) in [4.78, 5) is 16.3. The van der Waals surface area contributed by atoms with Gasteiger partial charge in [0.1, 0.15) is 22.3 Å². The number of amides is 1. The van der Waals surface area contributed by atoms with Crippen molar-refractivity contribution in [3.8, 4) is 11.5 Å². The Morgan fingerprint density at radius 3 is 2.83 bits per heavy atom. The monoisotopic (exact) mass is 345 g/mol. The van der Waals surface area contributed by atoms with E-state index in [1.54, 1.807) is 42.0 Å². The number of hydrogen-bond donors (Lipinski definition) is 1. The molecule has 1 N–H and O–H groups in total. The van der Waals surface area contributed by atoms with E-state index in [0.29, 0.717) is 23.2 Å². The summed E-state index contributed by atoms with van der Waals surface area (Å²) in [5, 5.41) is 3.33. The first-order valence-electron chi connectivity index (χ1n) is 7.32. The molecule has 24 heavy (non-hydrogen) atoms. The van der Waals surface area contributed by atoms with E-state index in [1.807, 2.05) is 18.2 Å². The van der Waals surface area contributed by atoms with Crippen LogP contribution in [0.1, 0.15) is 5.69 Å². The van der Waals surface area contributed by atoms with Crippen LogP contribution in [0, 0.1) is 0 Å². The number of hydrogen-bond acceptors (Lipinski definition) is 4. The Morgan fingerprint density at radius 1 is 1.25 bits per heavy atom. The summed E-state index contributed by atoms with van der Waals surface area (Å²) in [6, 6.07) is 12.5. The quantitative estimate of drug-likeness (QED) is 0.698. The maximum Gasteiger partial charge on any atom is 0.258 e. The van der Waals surface area contributed by atoms with Crippen molar-refractivity contribution >= 4 is 23.2 Å². The van der Waals surface area contributed by atoms with E-state index in [1.165, 1.54) is 0 Å². The third kappa shape index (κ3) is 3.78. The number of fused-ring (bicyclic) bond motifs is 1. The molecule has 2 heterocycles. The molecule has 1 amide bonds. The van der Waals surface area contributed by atoms with Gasteiger partial charge in [-0.3, -0.25) is 9.20 Å². The van der Waals surface area contributed by atoms with Gasteiger partial charge in [0.15, 0.2) is 6.61 Å². The number of rotatable bonds is 6. The van der Waals surface area contributed by atoms with E-state index in [4.69, 9.17) is 21.1 Å². The number of ether oxygens (including phenoxy) is 2. The van der Waals surface area contributed by atoms with Gasteiger partial charge in [-0.2, -0.15) is 0 Å². The first-order valence-corrected chi connectivity index (χ1v) is 7.69. The highest BCUT2D eigenvalue weighted by atomic mass is 35.5. The van der Waals surface area contributed by atoms with Crippen LogP contribution in [0.4, 0.5) is 0 Å². The fourth-order valence-corrected chi connectivity index (χ4v) is 2.40. The van der Waals surface area contributed by atoms with Crippen LogP contribution in [0.2, 0.25) is 5.15 Å². The molecule has 0 radical (unpaired) electrons. The Morgan fingerprint density at radius 2 is 2.04 bits per heavy atom. The van der Waals surface area contributed by atoms with Crippen molar-refractivity contribution in [2.75, 3.05) is 13.7 Å². The van der Waals surface area contributed by atoms with Gasteiger partial charge in [0.05, 0.1) is 19.3 Å². The molecule has 6 nitrogen and oxygen atoms in total. The average Bonchev–Trinajstić information content (AvgIpc) is 3.03. The van der Waals surface area contributed by atoms with E-state index < -0.39 is 0 Å². The highest BCUT2D eigenvalue weighted by molar-refractivity contribution is 6.29. The lowest BCUT2D eigenvalue weighted by molar-refractivity contribution is -0.123. The second kappa shape index (κ2) is 7.23. The van der Waals surface area contributed by atoms with Crippen LogP contribution in [0.15, 0.2) is 48.7 Å². The SMILES string of the molecule is COc1cccc(OCC(=O)NCc2cn3c(Cl)cccc3n2)c1. The lowest BCUT2D eigenvalue weighted by Gasteiger charge is -2.07. The number of carbonyl (C=O) groups is 1. The van der Waals surface area contributed by atoms with Crippen molar-refractivity contribution in [2.24, 2.45) is 0 Å². The Hall–Kier alpha value is -2.73. The predicted octanol–water partition coefficient (Wildman–Crippen LogP) is 2.69. The smallest absolute Gasteiger partial charge is 0.258 e. The maximum absolute atomic E-state index is 11.9. The van der Waals surface area contributed by atoms with Gasteiger partial charge < -0.3 is 14.8 Å². The fourth-order valence-electron chi connectivity index (χ4n) is 2.19. The lowest BCUT2D eigenvalue weighted by Crippen LogP contribution is -2.28. The van der Waals surface area contributed by atoms with Crippen LogP contribution in [-0.4, -0.2) is 29.0 Å². The van der Waals surface area contributed by atoms with Crippen molar-refractivity contribution in [3.05, 3.63) is 59.5 Å². The number of aromatic nitrogens is 2. The molecule has 3 aromatic rings. The van der Waals surface area contributed by atoms with Gasteiger partial charge in [-0.25, -0.2) is 4.98 Å². The van der Waals surface area contributed by atoms with Crippen molar-refractivity contribution in [1.82, 2.24) is 14.7 Å². The van der Waals surface area contributed by atoms with E-state index in [0.717, 1.165) is 11.3 Å². The summed E-state index contributed by atoms with van der Waals surface area (Å²) < 4.78 is 12.3. The van der Waals surface area contributed by atoms with Crippen molar-refractivity contribution in [3.63, 3.8) is 0 Å². The van der Waals surface area contributed by atoms with Crippen LogP contribution in [-0.2, 0) is 11.3 Å². The zero-order valence-corrected chi connectivity index (χ0v) is 13.8. The minimum Gasteiger partial charge on any atom is -0.497 e. The largest absolute Gasteiger partial charge is 0.497 e. The van der Waals surface area contributed by atoms with Gasteiger partial charge in [0, 0.05) is 12.3 Å². The standard InChI is InChI=1S/C17H16ClN3O3/c1-23-13-4-2-5-14(8-13)24-11-17(22)19-9-12-10-21-15(18)6-3-7-16(21)20-12/h2-8,10H,9,11H2,1H3,(H,19,22). The molecule has 0 unspecified atom stereocenters. The van der Waals surface area contributed by atoms with Crippen LogP contribution < -0.4 is 14.8 Å². The van der Waals surface area contributed by atoms with Crippen LogP contribution in [0.3, 0.4) is 0 Å². The second-order valence-corrected chi connectivity index (χ2v) is 5.44. The van der Waals surface area contributed by atoms with Crippen molar-refractivity contribution in [2.45, 2.75) is 6.54 Å². The molecule has 124 valence electrons. The van der Waals surface area contributed by atoms with Crippen LogP contribution in [0.25, 0.3) is 5.65 Å². The van der Waals surface area contributed by atoms with Gasteiger partial charge in [-0.1, -0.05) is 23.7 Å². The fraction of sp³-hybridized carbons (Fsp3) is 0.176. The molecule has 0 aliphatic rings. The first kappa shape index (κ1) is 16.1. The average molecular weight is 346 g/mol. The molecule has 0 aliphatic carbocycles. The number of methoxy groups -OCH3 is 1. The molecule has 0 saturated heterocycles. The Bertz CT molecular complexity index is 863. The van der Waals surface area contributed by atoms with Gasteiger partial charge in [-0.05, 0) is 24.3 Å². The zero-order chi connectivity index (χ0) is 16.9. The second-order valence-electron chi connectivity index (χ2n) is 5.05. The van der Waals surface area contributed by atoms with Gasteiger partial charge in [0.25, 0.3) is 5.91 Å². The summed E-state index contributed by atoms with van der Waals surface area (Å²) >= 11 is 6.08. The summed E-state index contributed by atoms with van der Waals surface area (Å²) in [5.74, 6) is 1.01. The molecule has 2 aromatic heterocycles. The summed E-state index contributed by atoms with van der Waals surface area (Å²) in [6.07, 6.45) is 1.79. The zero-order valence-electron chi connectivity index (χ0n) is 13.0. The van der Waals surface area contributed by atoms with E-state index >= 15 is 0 Å². The molecule has 7 heteroatoms. The topological polar surface area (TPSA) is 64.9 Å². The first-order chi connectivity index (χ1) is 11.7.